The number of carboxylic acid groups (broad SMARTS) is 1. The van der Waals surface area contributed by atoms with E-state index >= 15 is 0 Å². The summed E-state index contributed by atoms with van der Waals surface area (Å²) in [7, 11) is 0. The van der Waals surface area contributed by atoms with Gasteiger partial charge in [-0.05, 0) is 61.3 Å². The first kappa shape index (κ1) is 18.2. The van der Waals surface area contributed by atoms with Gasteiger partial charge in [0.2, 0.25) is 5.91 Å². The van der Waals surface area contributed by atoms with Crippen molar-refractivity contribution in [1.82, 2.24) is 4.90 Å². The van der Waals surface area contributed by atoms with Crippen LogP contribution in [0.25, 0.3) is 0 Å². The predicted molar refractivity (Wildman–Crippen MR) is 98.2 cm³/mol. The number of carbonyl (C=O) groups is 2. The van der Waals surface area contributed by atoms with Crippen molar-refractivity contribution in [1.29, 1.82) is 0 Å². The van der Waals surface area contributed by atoms with E-state index in [1.165, 1.54) is 17.5 Å². The van der Waals surface area contributed by atoms with Crippen LogP contribution in [0.5, 0.6) is 0 Å². The number of likely N-dealkylation sites (tertiary alicyclic amines) is 1. The fourth-order valence-electron chi connectivity index (χ4n) is 4.92. The number of benzene rings is 1. The van der Waals surface area contributed by atoms with Crippen LogP contribution in [0.3, 0.4) is 0 Å². The van der Waals surface area contributed by atoms with Gasteiger partial charge < -0.3 is 10.4 Å². The molecule has 1 saturated carbocycles. The number of carbonyl (C=O) groups excluding carboxylic acids is 1. The number of aryl methyl sites for hydroxylation is 2. The summed E-state index contributed by atoms with van der Waals surface area (Å²) in [6, 6.07) is 6.16. The van der Waals surface area contributed by atoms with Crippen LogP contribution in [0.1, 0.15) is 36.8 Å². The van der Waals surface area contributed by atoms with Crippen molar-refractivity contribution >= 4 is 30.0 Å². The van der Waals surface area contributed by atoms with E-state index in [2.05, 4.69) is 17.4 Å². The Labute approximate surface area is 154 Å². The molecule has 5 nitrogen and oxygen atoms in total. The number of rotatable bonds is 4. The van der Waals surface area contributed by atoms with E-state index < -0.39 is 11.4 Å². The zero-order chi connectivity index (χ0) is 16.7. The maximum Gasteiger partial charge on any atom is 0.311 e. The Morgan fingerprint density at radius 2 is 2.04 bits per heavy atom. The number of halogens is 1. The van der Waals surface area contributed by atoms with Crippen molar-refractivity contribution in [2.75, 3.05) is 25.0 Å². The largest absolute Gasteiger partial charge is 0.481 e. The molecule has 2 aliphatic carbocycles. The molecule has 1 saturated heterocycles. The van der Waals surface area contributed by atoms with Crippen LogP contribution in [0.4, 0.5) is 5.69 Å². The fourth-order valence-corrected chi connectivity index (χ4v) is 4.92. The van der Waals surface area contributed by atoms with E-state index in [0.717, 1.165) is 44.3 Å². The minimum atomic E-state index is -0.688. The van der Waals surface area contributed by atoms with Gasteiger partial charge in [-0.3, -0.25) is 14.5 Å². The minimum absolute atomic E-state index is 0. The molecule has 1 amide bonds. The SMILES string of the molecule is Cl.O=C(CN1C[C@@H]2CCC[C@@]2(C(=O)O)C1)Nc1ccc2c(c1)CCC2. The molecule has 1 heterocycles. The third-order valence-electron chi connectivity index (χ3n) is 6.12. The van der Waals surface area contributed by atoms with E-state index in [1.807, 2.05) is 11.0 Å². The molecular formula is C19H25ClN2O3. The molecule has 6 heteroatoms. The Bertz CT molecular complexity index is 693. The van der Waals surface area contributed by atoms with Gasteiger partial charge in [0.05, 0.1) is 12.0 Å². The van der Waals surface area contributed by atoms with Crippen molar-refractivity contribution in [3.8, 4) is 0 Å². The molecule has 1 aliphatic heterocycles. The zero-order valence-electron chi connectivity index (χ0n) is 14.3. The van der Waals surface area contributed by atoms with Crippen LogP contribution in [-0.4, -0.2) is 41.5 Å². The number of anilines is 1. The summed E-state index contributed by atoms with van der Waals surface area (Å²) in [4.78, 5) is 26.1. The molecule has 25 heavy (non-hydrogen) atoms. The Hall–Kier alpha value is -1.59. The van der Waals surface area contributed by atoms with Gasteiger partial charge in [0, 0.05) is 18.8 Å². The van der Waals surface area contributed by atoms with Gasteiger partial charge in [0.25, 0.3) is 0 Å². The monoisotopic (exact) mass is 364 g/mol. The van der Waals surface area contributed by atoms with Gasteiger partial charge in [-0.1, -0.05) is 12.5 Å². The highest BCUT2D eigenvalue weighted by atomic mass is 35.5. The predicted octanol–water partition coefficient (Wildman–Crippen LogP) is 2.72. The van der Waals surface area contributed by atoms with Gasteiger partial charge >= 0.3 is 5.97 Å². The lowest BCUT2D eigenvalue weighted by Crippen LogP contribution is -2.37. The quantitative estimate of drug-likeness (QED) is 0.861. The third-order valence-corrected chi connectivity index (χ3v) is 6.12. The highest BCUT2D eigenvalue weighted by Gasteiger charge is 2.54. The molecule has 0 unspecified atom stereocenters. The fraction of sp³-hybridized carbons (Fsp3) is 0.579. The molecule has 136 valence electrons. The lowest BCUT2D eigenvalue weighted by molar-refractivity contribution is -0.149. The Morgan fingerprint density at radius 1 is 1.24 bits per heavy atom. The summed E-state index contributed by atoms with van der Waals surface area (Å²) in [5.74, 6) is -0.539. The normalized spacial score (nSPS) is 27.4. The molecule has 4 rings (SSSR count). The molecule has 1 aromatic rings. The maximum absolute atomic E-state index is 12.4. The summed E-state index contributed by atoms with van der Waals surface area (Å²) in [6.07, 6.45) is 6.13. The van der Waals surface area contributed by atoms with Crippen LogP contribution in [-0.2, 0) is 22.4 Å². The lowest BCUT2D eigenvalue weighted by atomic mass is 9.81. The topological polar surface area (TPSA) is 69.6 Å². The standard InChI is InChI=1S/C19H24N2O3.ClH/c22-17(20-16-7-6-13-3-1-4-14(13)9-16)11-21-10-15-5-2-8-19(15,12-21)18(23)24;/h6-7,9,15H,1-5,8,10-12H2,(H,20,22)(H,23,24);1H/t15-,19+;/m0./s1. The van der Waals surface area contributed by atoms with Gasteiger partial charge in [0.1, 0.15) is 0 Å². The Balaban J connectivity index is 0.00000182. The summed E-state index contributed by atoms with van der Waals surface area (Å²) in [6.45, 7) is 1.51. The van der Waals surface area contributed by atoms with E-state index in [-0.39, 0.29) is 30.8 Å². The second kappa shape index (κ2) is 6.96. The average Bonchev–Trinajstić information content (AvgIpc) is 3.19. The molecule has 0 spiro atoms. The molecule has 3 aliphatic rings. The molecule has 0 aromatic heterocycles. The van der Waals surface area contributed by atoms with Gasteiger partial charge in [-0.2, -0.15) is 0 Å². The smallest absolute Gasteiger partial charge is 0.311 e. The molecule has 0 radical (unpaired) electrons. The number of carboxylic acids is 1. The third kappa shape index (κ3) is 3.27. The minimum Gasteiger partial charge on any atom is -0.481 e. The highest BCUT2D eigenvalue weighted by Crippen LogP contribution is 2.48. The Kier molecular flexibility index (Phi) is 5.07. The lowest BCUT2D eigenvalue weighted by Gasteiger charge is -2.23. The van der Waals surface area contributed by atoms with Crippen molar-refractivity contribution in [2.45, 2.75) is 38.5 Å². The highest BCUT2D eigenvalue weighted by molar-refractivity contribution is 5.92. The number of fused-ring (bicyclic) bond motifs is 2. The van der Waals surface area contributed by atoms with E-state index in [9.17, 15) is 14.7 Å². The van der Waals surface area contributed by atoms with Gasteiger partial charge in [0.15, 0.2) is 0 Å². The average molecular weight is 365 g/mol. The van der Waals surface area contributed by atoms with Crippen LogP contribution in [0.2, 0.25) is 0 Å². The van der Waals surface area contributed by atoms with Gasteiger partial charge in [-0.25, -0.2) is 0 Å². The van der Waals surface area contributed by atoms with E-state index in [1.54, 1.807) is 0 Å². The van der Waals surface area contributed by atoms with Crippen LogP contribution in [0.15, 0.2) is 18.2 Å². The second-order valence-corrected chi connectivity index (χ2v) is 7.61. The van der Waals surface area contributed by atoms with Crippen molar-refractivity contribution in [2.24, 2.45) is 11.3 Å². The zero-order valence-corrected chi connectivity index (χ0v) is 15.1. The first-order chi connectivity index (χ1) is 11.6. The molecular weight excluding hydrogens is 340 g/mol. The first-order valence-electron chi connectivity index (χ1n) is 8.94. The number of aliphatic carboxylic acids is 1. The number of nitrogens with zero attached hydrogens (tertiary/aromatic N) is 1. The number of hydrogen-bond acceptors (Lipinski definition) is 3. The number of nitrogens with one attached hydrogen (secondary N) is 1. The van der Waals surface area contributed by atoms with E-state index in [4.69, 9.17) is 0 Å². The Morgan fingerprint density at radius 3 is 2.80 bits per heavy atom. The molecule has 1 aromatic carbocycles. The molecule has 2 N–H and O–H groups in total. The second-order valence-electron chi connectivity index (χ2n) is 7.61. The summed E-state index contributed by atoms with van der Waals surface area (Å²) in [5, 5.41) is 12.6. The van der Waals surface area contributed by atoms with Crippen LogP contribution >= 0.6 is 12.4 Å². The molecule has 0 bridgehead atoms. The van der Waals surface area contributed by atoms with Crippen molar-refractivity contribution in [3.63, 3.8) is 0 Å². The summed E-state index contributed by atoms with van der Waals surface area (Å²) < 4.78 is 0. The van der Waals surface area contributed by atoms with Crippen molar-refractivity contribution in [3.05, 3.63) is 29.3 Å². The molecule has 2 atom stereocenters. The number of hydrogen-bond donors (Lipinski definition) is 2. The summed E-state index contributed by atoms with van der Waals surface area (Å²) in [5.41, 5.74) is 2.97. The number of amides is 1. The van der Waals surface area contributed by atoms with E-state index in [0.29, 0.717) is 6.54 Å². The van der Waals surface area contributed by atoms with Gasteiger partial charge in [-0.15, -0.1) is 12.4 Å². The maximum atomic E-state index is 12.4. The van der Waals surface area contributed by atoms with Crippen molar-refractivity contribution < 1.29 is 14.7 Å². The van der Waals surface area contributed by atoms with Crippen LogP contribution < -0.4 is 5.32 Å². The molecule has 2 fully saturated rings. The van der Waals surface area contributed by atoms with Crippen LogP contribution in [0, 0.1) is 11.3 Å². The summed E-state index contributed by atoms with van der Waals surface area (Å²) >= 11 is 0. The first-order valence-corrected chi connectivity index (χ1v) is 8.94.